The molecular weight excluding hydrogens is 163 g/mol. The summed E-state index contributed by atoms with van der Waals surface area (Å²) >= 11 is 4.77. The summed E-state index contributed by atoms with van der Waals surface area (Å²) in [5, 5.41) is 0. The molecule has 1 fully saturated rings. The van der Waals surface area contributed by atoms with Gasteiger partial charge in [0.15, 0.2) is 10.6 Å². The molecule has 58 valence electrons. The Morgan fingerprint density at radius 2 is 2.36 bits per heavy atom. The Morgan fingerprint density at radius 3 is 3.00 bits per heavy atom. The fourth-order valence-corrected chi connectivity index (χ4v) is 1.22. The maximum absolute atomic E-state index is 12.9. The lowest BCUT2D eigenvalue weighted by Gasteiger charge is -1.97. The van der Waals surface area contributed by atoms with Crippen LogP contribution >= 0.6 is 12.2 Å². The molecule has 0 radical (unpaired) electrons. The van der Waals surface area contributed by atoms with Crippen LogP contribution in [0.5, 0.6) is 0 Å². The number of nitrogens with one attached hydrogen (secondary N) is 1. The van der Waals surface area contributed by atoms with Crippen LogP contribution in [0, 0.1) is 10.6 Å². The average Bonchev–Trinajstić information content (AvgIpc) is 2.76. The van der Waals surface area contributed by atoms with Gasteiger partial charge in [-0.1, -0.05) is 0 Å². The summed E-state index contributed by atoms with van der Waals surface area (Å²) in [7, 11) is 0. The maximum Gasteiger partial charge on any atom is 0.197 e. The van der Waals surface area contributed by atoms with Crippen molar-refractivity contribution in [2.75, 3.05) is 0 Å². The number of rotatable bonds is 1. The van der Waals surface area contributed by atoms with Gasteiger partial charge in [-0.2, -0.15) is 0 Å². The molecule has 0 spiro atoms. The van der Waals surface area contributed by atoms with E-state index in [0.29, 0.717) is 16.4 Å². The van der Waals surface area contributed by atoms with Crippen LogP contribution in [-0.2, 0) is 0 Å². The third kappa shape index (κ3) is 1.30. The average molecular weight is 170 g/mol. The van der Waals surface area contributed by atoms with Gasteiger partial charge in [-0.05, 0) is 25.1 Å². The van der Waals surface area contributed by atoms with E-state index in [1.165, 1.54) is 6.20 Å². The molecule has 0 aromatic carbocycles. The van der Waals surface area contributed by atoms with Crippen molar-refractivity contribution in [3.05, 3.63) is 22.5 Å². The summed E-state index contributed by atoms with van der Waals surface area (Å²) < 4.78 is 13.3. The topological polar surface area (TPSA) is 28.7 Å². The summed E-state index contributed by atoms with van der Waals surface area (Å²) in [4.78, 5) is 6.40. The number of hydrogen-bond donors (Lipinski definition) is 1. The van der Waals surface area contributed by atoms with E-state index in [1.807, 2.05) is 0 Å². The lowest BCUT2D eigenvalue weighted by molar-refractivity contribution is 0.590. The maximum atomic E-state index is 12.9. The predicted molar refractivity (Wildman–Crippen MR) is 41.4 cm³/mol. The Hall–Kier alpha value is -0.770. The number of nitrogens with zero attached hydrogens (tertiary/aromatic N) is 1. The summed E-state index contributed by atoms with van der Waals surface area (Å²) in [6.07, 6.45) is 3.31. The van der Waals surface area contributed by atoms with Gasteiger partial charge in [0.25, 0.3) is 0 Å². The van der Waals surface area contributed by atoms with Crippen molar-refractivity contribution in [2.24, 2.45) is 0 Å². The van der Waals surface area contributed by atoms with Gasteiger partial charge in [-0.25, -0.2) is 9.37 Å². The van der Waals surface area contributed by atoms with Crippen LogP contribution in [0.15, 0.2) is 6.20 Å². The third-order valence-corrected chi connectivity index (χ3v) is 1.99. The first-order valence-electron chi connectivity index (χ1n) is 3.52. The number of H-pyrrole nitrogens is 1. The zero-order valence-electron chi connectivity index (χ0n) is 5.80. The summed E-state index contributed by atoms with van der Waals surface area (Å²) in [5.41, 5.74) is 0.630. The molecule has 0 unspecified atom stereocenters. The molecule has 0 bridgehead atoms. The zero-order chi connectivity index (χ0) is 7.84. The Kier molecular flexibility index (Phi) is 1.49. The van der Waals surface area contributed by atoms with Gasteiger partial charge < -0.3 is 4.98 Å². The first-order valence-corrected chi connectivity index (χ1v) is 3.93. The molecule has 1 aromatic heterocycles. The lowest BCUT2D eigenvalue weighted by atomic mass is 10.3. The molecular formula is C7H7FN2S. The minimum absolute atomic E-state index is 0.263. The second kappa shape index (κ2) is 2.37. The van der Waals surface area contributed by atoms with Crippen molar-refractivity contribution in [3.63, 3.8) is 0 Å². The molecule has 1 aromatic rings. The fraction of sp³-hybridized carbons (Fsp3) is 0.429. The van der Waals surface area contributed by atoms with E-state index in [2.05, 4.69) is 9.97 Å². The van der Waals surface area contributed by atoms with Crippen LogP contribution in [0.1, 0.15) is 24.5 Å². The summed E-state index contributed by atoms with van der Waals surface area (Å²) in [6.45, 7) is 0. The van der Waals surface area contributed by atoms with Gasteiger partial charge in [0.1, 0.15) is 0 Å². The van der Waals surface area contributed by atoms with Crippen molar-refractivity contribution < 1.29 is 4.39 Å². The second-order valence-corrected chi connectivity index (χ2v) is 3.11. The highest BCUT2D eigenvalue weighted by Gasteiger charge is 2.27. The van der Waals surface area contributed by atoms with Crippen LogP contribution in [0.3, 0.4) is 0 Å². The van der Waals surface area contributed by atoms with Crippen LogP contribution in [-0.4, -0.2) is 9.97 Å². The largest absolute Gasteiger partial charge is 0.332 e. The van der Waals surface area contributed by atoms with Gasteiger partial charge in [0.05, 0.1) is 11.9 Å². The van der Waals surface area contributed by atoms with Crippen LogP contribution in [0.4, 0.5) is 4.39 Å². The van der Waals surface area contributed by atoms with Crippen LogP contribution in [0.25, 0.3) is 0 Å². The predicted octanol–water partition coefficient (Wildman–Crippen LogP) is 2.16. The minimum atomic E-state index is -0.263. The zero-order valence-corrected chi connectivity index (χ0v) is 6.62. The van der Waals surface area contributed by atoms with E-state index in [4.69, 9.17) is 12.2 Å². The Bertz CT molecular complexity index is 329. The quantitative estimate of drug-likeness (QED) is 0.654. The van der Waals surface area contributed by atoms with Crippen molar-refractivity contribution in [3.8, 4) is 0 Å². The van der Waals surface area contributed by atoms with Gasteiger partial charge in [-0.3, -0.25) is 0 Å². The molecule has 2 rings (SSSR count). The molecule has 1 aliphatic carbocycles. The molecule has 11 heavy (non-hydrogen) atoms. The minimum Gasteiger partial charge on any atom is -0.332 e. The van der Waals surface area contributed by atoms with Gasteiger partial charge >= 0.3 is 0 Å². The van der Waals surface area contributed by atoms with Crippen LogP contribution in [0.2, 0.25) is 0 Å². The number of aromatic amines is 1. The summed E-state index contributed by atoms with van der Waals surface area (Å²) in [6, 6.07) is 0. The highest BCUT2D eigenvalue weighted by molar-refractivity contribution is 7.71. The fourth-order valence-electron chi connectivity index (χ4n) is 1.06. The van der Waals surface area contributed by atoms with Crippen molar-refractivity contribution in [1.29, 1.82) is 0 Å². The number of halogens is 1. The Balaban J connectivity index is 2.50. The van der Waals surface area contributed by atoms with E-state index in [0.717, 1.165) is 12.8 Å². The highest BCUT2D eigenvalue weighted by atomic mass is 32.1. The SMILES string of the molecule is Fc1cnc(=S)[nH]c1C1CC1. The molecule has 1 aliphatic rings. The first kappa shape index (κ1) is 6.91. The van der Waals surface area contributed by atoms with Gasteiger partial charge in [0.2, 0.25) is 0 Å². The Morgan fingerprint density at radius 1 is 1.64 bits per heavy atom. The van der Waals surface area contributed by atoms with E-state index < -0.39 is 0 Å². The molecule has 0 aliphatic heterocycles. The third-order valence-electron chi connectivity index (χ3n) is 1.78. The normalized spacial score (nSPS) is 16.8. The highest BCUT2D eigenvalue weighted by Crippen LogP contribution is 2.39. The van der Waals surface area contributed by atoms with Gasteiger partial charge in [-0.15, -0.1) is 0 Å². The first-order chi connectivity index (χ1) is 5.27. The number of aromatic nitrogens is 2. The van der Waals surface area contributed by atoms with E-state index in [1.54, 1.807) is 0 Å². The molecule has 0 saturated heterocycles. The molecule has 0 atom stereocenters. The Labute approximate surface area is 68.5 Å². The molecule has 4 heteroatoms. The molecule has 2 nitrogen and oxygen atoms in total. The second-order valence-electron chi connectivity index (χ2n) is 2.72. The molecule has 0 amide bonds. The molecule has 1 N–H and O–H groups in total. The standard InChI is InChI=1S/C7H7FN2S/c8-5-3-9-7(11)10-6(5)4-1-2-4/h3-4H,1-2H2,(H,9,10,11). The van der Waals surface area contributed by atoms with Crippen molar-refractivity contribution >= 4 is 12.2 Å². The van der Waals surface area contributed by atoms with E-state index >= 15 is 0 Å². The molecule has 1 heterocycles. The van der Waals surface area contributed by atoms with Crippen molar-refractivity contribution in [1.82, 2.24) is 9.97 Å². The number of hydrogen-bond acceptors (Lipinski definition) is 2. The lowest BCUT2D eigenvalue weighted by Crippen LogP contribution is -1.94. The monoisotopic (exact) mass is 170 g/mol. The molecule has 1 saturated carbocycles. The van der Waals surface area contributed by atoms with Crippen LogP contribution < -0.4 is 0 Å². The van der Waals surface area contributed by atoms with E-state index in [9.17, 15) is 4.39 Å². The van der Waals surface area contributed by atoms with Gasteiger partial charge in [0, 0.05) is 5.92 Å². The van der Waals surface area contributed by atoms with E-state index in [-0.39, 0.29) is 5.82 Å². The summed E-state index contributed by atoms with van der Waals surface area (Å²) in [5.74, 6) is 0.0980. The smallest absolute Gasteiger partial charge is 0.197 e. The van der Waals surface area contributed by atoms with Crippen molar-refractivity contribution in [2.45, 2.75) is 18.8 Å².